The molecule has 34 heavy (non-hydrogen) atoms. The van der Waals surface area contributed by atoms with Gasteiger partial charge in [-0.15, -0.1) is 0 Å². The molecule has 1 aliphatic heterocycles. The zero-order chi connectivity index (χ0) is 23.9. The van der Waals surface area contributed by atoms with Gasteiger partial charge in [0.05, 0.1) is 34.6 Å². The molecule has 3 atom stereocenters. The second kappa shape index (κ2) is 10.7. The molecule has 3 aromatic carbocycles. The lowest BCUT2D eigenvalue weighted by molar-refractivity contribution is -0.385. The third-order valence-corrected chi connectivity index (χ3v) is 6.40. The average Bonchev–Trinajstić information content (AvgIpc) is 2.89. The Hall–Kier alpha value is -4.02. The van der Waals surface area contributed by atoms with Crippen molar-refractivity contribution in [2.45, 2.75) is 12.3 Å². The summed E-state index contributed by atoms with van der Waals surface area (Å²) in [5.74, 6) is -0.312. The quantitative estimate of drug-likeness (QED) is 0.299. The maximum atomic E-state index is 13.8. The number of nitriles is 1. The van der Waals surface area contributed by atoms with Crippen molar-refractivity contribution in [2.75, 3.05) is 19.7 Å². The number of carbonyl (C=O) groups excluding carboxylic acids is 1. The molecule has 1 heterocycles. The Balaban J connectivity index is 1.68. The third kappa shape index (κ3) is 5.13. The highest BCUT2D eigenvalue weighted by atomic mass is 16.6. The van der Waals surface area contributed by atoms with Crippen LogP contribution in [0, 0.1) is 33.3 Å². The number of rotatable bonds is 8. The summed E-state index contributed by atoms with van der Waals surface area (Å²) < 4.78 is 6.03. The minimum Gasteiger partial charge on any atom is -0.493 e. The van der Waals surface area contributed by atoms with Crippen molar-refractivity contribution in [1.82, 2.24) is 5.32 Å². The van der Waals surface area contributed by atoms with Crippen molar-refractivity contribution in [3.05, 3.63) is 106 Å². The van der Waals surface area contributed by atoms with Crippen LogP contribution in [0.2, 0.25) is 0 Å². The van der Waals surface area contributed by atoms with E-state index in [0.29, 0.717) is 17.9 Å². The fraction of sp³-hybridized carbons (Fsp3) is 0.259. The monoisotopic (exact) mass is 455 g/mol. The molecular weight excluding hydrogens is 430 g/mol. The number of hydrogen-bond acceptors (Lipinski definition) is 6. The Morgan fingerprint density at radius 1 is 1.09 bits per heavy atom. The number of ether oxygens (including phenoxy) is 1. The SMILES string of the molecule is N#Cc1ccc(OCC(C(=O)c2ccccc2[N+](=O)[O-])C2CCNCC2c2ccccc2)cc1. The van der Waals surface area contributed by atoms with E-state index in [1.54, 1.807) is 36.4 Å². The number of ketones is 1. The maximum Gasteiger partial charge on any atom is 0.280 e. The molecule has 3 unspecified atom stereocenters. The largest absolute Gasteiger partial charge is 0.493 e. The molecule has 3 aromatic rings. The number of Topliss-reactive ketones (excluding diaryl/α,β-unsaturated/α-hetero) is 1. The summed E-state index contributed by atoms with van der Waals surface area (Å²) in [6.45, 7) is 1.56. The van der Waals surface area contributed by atoms with Crippen LogP contribution in [0.5, 0.6) is 5.75 Å². The van der Waals surface area contributed by atoms with Crippen LogP contribution >= 0.6 is 0 Å². The Labute approximate surface area is 198 Å². The lowest BCUT2D eigenvalue weighted by atomic mass is 9.72. The molecule has 0 aliphatic carbocycles. The van der Waals surface area contributed by atoms with Crippen LogP contribution in [0.25, 0.3) is 0 Å². The molecule has 1 saturated heterocycles. The van der Waals surface area contributed by atoms with Crippen LogP contribution in [0.1, 0.15) is 33.8 Å². The first-order valence-corrected chi connectivity index (χ1v) is 11.2. The summed E-state index contributed by atoms with van der Waals surface area (Å²) in [4.78, 5) is 24.9. The summed E-state index contributed by atoms with van der Waals surface area (Å²) in [6.07, 6.45) is 0.743. The molecule has 0 aromatic heterocycles. The summed E-state index contributed by atoms with van der Waals surface area (Å²) >= 11 is 0. The second-order valence-electron chi connectivity index (χ2n) is 8.37. The van der Waals surface area contributed by atoms with Crippen LogP contribution in [0.4, 0.5) is 5.69 Å². The fourth-order valence-corrected chi connectivity index (χ4v) is 4.67. The van der Waals surface area contributed by atoms with E-state index in [1.165, 1.54) is 12.1 Å². The van der Waals surface area contributed by atoms with Crippen molar-refractivity contribution < 1.29 is 14.5 Å². The second-order valence-corrected chi connectivity index (χ2v) is 8.37. The molecule has 1 N–H and O–H groups in total. The van der Waals surface area contributed by atoms with Gasteiger partial charge in [-0.2, -0.15) is 5.26 Å². The molecule has 0 amide bonds. The predicted octanol–water partition coefficient (Wildman–Crippen LogP) is 4.74. The van der Waals surface area contributed by atoms with Gasteiger partial charge in [0, 0.05) is 18.5 Å². The van der Waals surface area contributed by atoms with E-state index in [4.69, 9.17) is 10.00 Å². The van der Waals surface area contributed by atoms with Gasteiger partial charge in [-0.1, -0.05) is 42.5 Å². The summed E-state index contributed by atoms with van der Waals surface area (Å²) in [7, 11) is 0. The Kier molecular flexibility index (Phi) is 7.31. The van der Waals surface area contributed by atoms with E-state index < -0.39 is 10.8 Å². The van der Waals surface area contributed by atoms with Crippen LogP contribution < -0.4 is 10.1 Å². The van der Waals surface area contributed by atoms with Gasteiger partial charge in [0.25, 0.3) is 5.69 Å². The van der Waals surface area contributed by atoms with Crippen molar-refractivity contribution in [3.8, 4) is 11.8 Å². The molecule has 1 aliphatic rings. The van der Waals surface area contributed by atoms with E-state index in [1.807, 2.05) is 18.2 Å². The van der Waals surface area contributed by atoms with Gasteiger partial charge in [-0.25, -0.2) is 0 Å². The smallest absolute Gasteiger partial charge is 0.280 e. The number of benzene rings is 3. The van der Waals surface area contributed by atoms with E-state index in [-0.39, 0.29) is 35.5 Å². The number of piperidine rings is 1. The zero-order valence-electron chi connectivity index (χ0n) is 18.6. The van der Waals surface area contributed by atoms with Crippen LogP contribution in [0.15, 0.2) is 78.9 Å². The Bertz CT molecular complexity index is 1190. The first-order chi connectivity index (χ1) is 16.6. The Morgan fingerprint density at radius 2 is 1.79 bits per heavy atom. The first kappa shape index (κ1) is 23.1. The number of hydrogen-bond donors (Lipinski definition) is 1. The highest BCUT2D eigenvalue weighted by Gasteiger charge is 2.39. The average molecular weight is 456 g/mol. The topological polar surface area (TPSA) is 105 Å². The third-order valence-electron chi connectivity index (χ3n) is 6.40. The first-order valence-electron chi connectivity index (χ1n) is 11.2. The standard InChI is InChI=1S/C27H25N3O4/c28-16-19-10-12-21(13-11-19)34-18-25(27(31)23-8-4-5-9-26(23)30(32)33)22-14-15-29-17-24(22)20-6-2-1-3-7-20/h1-13,22,24-25,29H,14-15,17-18H2. The molecule has 1 fully saturated rings. The number of para-hydroxylation sites is 1. The molecule has 0 saturated carbocycles. The van der Waals surface area contributed by atoms with Crippen molar-refractivity contribution >= 4 is 11.5 Å². The van der Waals surface area contributed by atoms with Crippen molar-refractivity contribution in [1.29, 1.82) is 5.26 Å². The van der Waals surface area contributed by atoms with E-state index in [0.717, 1.165) is 18.5 Å². The predicted molar refractivity (Wildman–Crippen MR) is 128 cm³/mol. The van der Waals surface area contributed by atoms with E-state index >= 15 is 0 Å². The number of nitro groups is 1. The number of nitro benzene ring substituents is 1. The summed E-state index contributed by atoms with van der Waals surface area (Å²) in [5.41, 5.74) is 1.55. The molecule has 0 radical (unpaired) electrons. The molecular formula is C27H25N3O4. The number of nitrogens with zero attached hydrogens (tertiary/aromatic N) is 2. The highest BCUT2D eigenvalue weighted by Crippen LogP contribution is 2.38. The molecule has 4 rings (SSSR count). The van der Waals surface area contributed by atoms with Crippen LogP contribution in [-0.4, -0.2) is 30.4 Å². The van der Waals surface area contributed by atoms with Gasteiger partial charge in [0.2, 0.25) is 0 Å². The molecule has 0 bridgehead atoms. The van der Waals surface area contributed by atoms with Gasteiger partial charge >= 0.3 is 0 Å². The zero-order valence-corrected chi connectivity index (χ0v) is 18.6. The fourth-order valence-electron chi connectivity index (χ4n) is 4.67. The maximum absolute atomic E-state index is 13.8. The van der Waals surface area contributed by atoms with Gasteiger partial charge in [-0.05, 0) is 54.8 Å². The molecule has 0 spiro atoms. The lowest BCUT2D eigenvalue weighted by Gasteiger charge is -2.37. The minimum atomic E-state index is -0.580. The van der Waals surface area contributed by atoms with Crippen molar-refractivity contribution in [2.24, 2.45) is 11.8 Å². The normalized spacial score (nSPS) is 18.4. The van der Waals surface area contributed by atoms with Gasteiger partial charge in [0.15, 0.2) is 5.78 Å². The Morgan fingerprint density at radius 3 is 2.50 bits per heavy atom. The minimum absolute atomic E-state index is 0.0608. The number of carbonyl (C=O) groups is 1. The van der Waals surface area contributed by atoms with E-state index in [2.05, 4.69) is 23.5 Å². The van der Waals surface area contributed by atoms with Crippen molar-refractivity contribution in [3.63, 3.8) is 0 Å². The van der Waals surface area contributed by atoms with Gasteiger partial charge in [0.1, 0.15) is 5.75 Å². The van der Waals surface area contributed by atoms with E-state index in [9.17, 15) is 14.9 Å². The summed E-state index contributed by atoms with van der Waals surface area (Å²) in [6, 6.07) is 24.9. The van der Waals surface area contributed by atoms with Gasteiger partial charge < -0.3 is 10.1 Å². The molecule has 7 heteroatoms. The lowest BCUT2D eigenvalue weighted by Crippen LogP contribution is -2.42. The highest BCUT2D eigenvalue weighted by molar-refractivity contribution is 6.01. The number of nitrogens with one attached hydrogen (secondary N) is 1. The van der Waals surface area contributed by atoms with Gasteiger partial charge in [-0.3, -0.25) is 14.9 Å². The van der Waals surface area contributed by atoms with Crippen LogP contribution in [-0.2, 0) is 0 Å². The molecule has 7 nitrogen and oxygen atoms in total. The summed E-state index contributed by atoms with van der Waals surface area (Å²) in [5, 5.41) is 24.1. The molecule has 172 valence electrons. The van der Waals surface area contributed by atoms with Crippen LogP contribution in [0.3, 0.4) is 0 Å².